The first-order valence-corrected chi connectivity index (χ1v) is 16.5. The number of carboxylic acid groups (broad SMARTS) is 1. The molecule has 4 aromatic rings. The van der Waals surface area contributed by atoms with Gasteiger partial charge in [0, 0.05) is 42.2 Å². The Kier molecular flexibility index (Phi) is 10.4. The monoisotopic (exact) mass is 659 g/mol. The first kappa shape index (κ1) is 33.4. The lowest BCUT2D eigenvalue weighted by molar-refractivity contribution is -0.139. The van der Waals surface area contributed by atoms with Gasteiger partial charge in [-0.3, -0.25) is 9.69 Å². The van der Waals surface area contributed by atoms with Crippen LogP contribution in [-0.4, -0.2) is 65.9 Å². The zero-order chi connectivity index (χ0) is 34.3. The molecule has 250 valence electrons. The Labute approximate surface area is 285 Å². The highest BCUT2D eigenvalue weighted by molar-refractivity contribution is 5.97. The number of likely N-dealkylation sites (tertiary alicyclic amines) is 1. The van der Waals surface area contributed by atoms with Crippen molar-refractivity contribution in [1.29, 1.82) is 0 Å². The van der Waals surface area contributed by atoms with E-state index in [0.29, 0.717) is 18.4 Å². The van der Waals surface area contributed by atoms with Crippen molar-refractivity contribution in [3.05, 3.63) is 130 Å². The third-order valence-electron chi connectivity index (χ3n) is 9.12. The molecule has 0 aromatic heterocycles. The number of alkyl halides is 1. The summed E-state index contributed by atoms with van der Waals surface area (Å²) in [5.41, 5.74) is 7.27. The van der Waals surface area contributed by atoms with Crippen molar-refractivity contribution in [2.24, 2.45) is 0 Å². The Bertz CT molecular complexity index is 1830. The fourth-order valence-electron chi connectivity index (χ4n) is 6.40. The van der Waals surface area contributed by atoms with Gasteiger partial charge in [-0.05, 0) is 84.0 Å². The van der Waals surface area contributed by atoms with E-state index < -0.39 is 36.2 Å². The number of benzene rings is 4. The molecular formula is C40H38FN3O5. The summed E-state index contributed by atoms with van der Waals surface area (Å²) < 4.78 is 19.0. The molecular weight excluding hydrogens is 621 g/mol. The molecule has 0 bridgehead atoms. The molecule has 1 aliphatic carbocycles. The molecule has 1 heterocycles. The largest absolute Gasteiger partial charge is 0.480 e. The van der Waals surface area contributed by atoms with Gasteiger partial charge in [-0.25, -0.2) is 14.0 Å². The van der Waals surface area contributed by atoms with Crippen LogP contribution in [0.2, 0.25) is 0 Å². The number of carboxylic acids is 1. The summed E-state index contributed by atoms with van der Waals surface area (Å²) in [5, 5.41) is 14.9. The first-order valence-electron chi connectivity index (χ1n) is 16.5. The number of carbonyl (C=O) groups excluding carboxylic acids is 2. The molecule has 1 saturated heterocycles. The second-order valence-corrected chi connectivity index (χ2v) is 12.5. The molecule has 0 spiro atoms. The Morgan fingerprint density at radius 1 is 0.837 bits per heavy atom. The number of hydrogen-bond acceptors (Lipinski definition) is 5. The van der Waals surface area contributed by atoms with Crippen LogP contribution >= 0.6 is 0 Å². The van der Waals surface area contributed by atoms with Crippen LogP contribution in [0.15, 0.2) is 97.1 Å². The second-order valence-electron chi connectivity index (χ2n) is 12.5. The Morgan fingerprint density at radius 3 is 1.96 bits per heavy atom. The minimum atomic E-state index is -1.40. The lowest BCUT2D eigenvalue weighted by Crippen LogP contribution is -2.54. The number of aliphatic carboxylic acids is 1. The van der Waals surface area contributed by atoms with Crippen LogP contribution in [-0.2, 0) is 16.1 Å². The number of amides is 2. The number of halogens is 1. The van der Waals surface area contributed by atoms with E-state index in [-0.39, 0.29) is 18.1 Å². The van der Waals surface area contributed by atoms with E-state index in [1.54, 1.807) is 24.3 Å². The summed E-state index contributed by atoms with van der Waals surface area (Å²) in [6, 6.07) is 28.1. The van der Waals surface area contributed by atoms with Gasteiger partial charge in [0.2, 0.25) is 0 Å². The molecule has 3 N–H and O–H groups in total. The fraction of sp³-hybridized carbons (Fsp3) is 0.275. The summed E-state index contributed by atoms with van der Waals surface area (Å²) in [6.07, 6.45) is -0.284. The molecule has 2 atom stereocenters. The van der Waals surface area contributed by atoms with Gasteiger partial charge in [0.15, 0.2) is 0 Å². The second kappa shape index (κ2) is 15.2. The summed E-state index contributed by atoms with van der Waals surface area (Å²) in [4.78, 5) is 40.1. The Morgan fingerprint density at radius 2 is 1.39 bits per heavy atom. The maximum atomic E-state index is 13.4. The van der Waals surface area contributed by atoms with Gasteiger partial charge in [-0.15, -0.1) is 0 Å². The maximum Gasteiger partial charge on any atom is 0.407 e. The van der Waals surface area contributed by atoms with Gasteiger partial charge in [0.05, 0.1) is 6.04 Å². The van der Waals surface area contributed by atoms with E-state index in [4.69, 9.17) is 4.74 Å². The van der Waals surface area contributed by atoms with E-state index in [2.05, 4.69) is 27.4 Å². The quantitative estimate of drug-likeness (QED) is 0.187. The zero-order valence-corrected chi connectivity index (χ0v) is 27.2. The van der Waals surface area contributed by atoms with Crippen molar-refractivity contribution in [1.82, 2.24) is 15.5 Å². The SMILES string of the molecule is C[C@@H](NC(=O)OCC1c2ccccc2-c2ccccc21)[C@H](NC(=O)c1ccc(C#Cc2ccc(CN3CCC(F)CC3)cc2)cc1)C(=O)O. The third-order valence-corrected chi connectivity index (χ3v) is 9.12. The highest BCUT2D eigenvalue weighted by atomic mass is 19.1. The van der Waals surface area contributed by atoms with Crippen molar-refractivity contribution in [2.75, 3.05) is 19.7 Å². The molecule has 0 saturated carbocycles. The van der Waals surface area contributed by atoms with Crippen LogP contribution in [0.3, 0.4) is 0 Å². The van der Waals surface area contributed by atoms with Crippen LogP contribution in [0.25, 0.3) is 11.1 Å². The van der Waals surface area contributed by atoms with Gasteiger partial charge in [0.25, 0.3) is 5.91 Å². The molecule has 8 nitrogen and oxygen atoms in total. The number of carbonyl (C=O) groups is 3. The van der Waals surface area contributed by atoms with E-state index >= 15 is 0 Å². The Hall–Kier alpha value is -5.46. The van der Waals surface area contributed by atoms with E-state index in [1.165, 1.54) is 6.92 Å². The summed E-state index contributed by atoms with van der Waals surface area (Å²) in [5.74, 6) is 4.18. The van der Waals surface area contributed by atoms with Gasteiger partial charge >= 0.3 is 12.1 Å². The molecule has 1 aliphatic heterocycles. The molecule has 9 heteroatoms. The first-order chi connectivity index (χ1) is 23.7. The molecule has 2 aliphatic rings. The number of fused-ring (bicyclic) bond motifs is 3. The minimum absolute atomic E-state index is 0.0823. The number of piperidine rings is 1. The van der Waals surface area contributed by atoms with Gasteiger partial charge < -0.3 is 20.5 Å². The molecule has 2 amide bonds. The highest BCUT2D eigenvalue weighted by Crippen LogP contribution is 2.44. The lowest BCUT2D eigenvalue weighted by atomic mass is 9.98. The van der Waals surface area contributed by atoms with Crippen molar-refractivity contribution in [3.63, 3.8) is 0 Å². The topological polar surface area (TPSA) is 108 Å². The Balaban J connectivity index is 1.00. The summed E-state index contributed by atoms with van der Waals surface area (Å²) in [7, 11) is 0. The molecule has 4 aromatic carbocycles. The highest BCUT2D eigenvalue weighted by Gasteiger charge is 2.31. The molecule has 49 heavy (non-hydrogen) atoms. The molecule has 0 unspecified atom stereocenters. The lowest BCUT2D eigenvalue weighted by Gasteiger charge is -2.28. The minimum Gasteiger partial charge on any atom is -0.480 e. The predicted octanol–water partition coefficient (Wildman–Crippen LogP) is 6.13. The van der Waals surface area contributed by atoms with E-state index in [9.17, 15) is 23.9 Å². The normalized spacial score (nSPS) is 15.6. The number of alkyl carbamates (subject to hydrolysis) is 1. The van der Waals surface area contributed by atoms with E-state index in [1.807, 2.05) is 72.8 Å². The smallest absolute Gasteiger partial charge is 0.407 e. The van der Waals surface area contributed by atoms with Crippen molar-refractivity contribution in [2.45, 2.75) is 50.5 Å². The van der Waals surface area contributed by atoms with Crippen LogP contribution in [0, 0.1) is 11.8 Å². The average molecular weight is 660 g/mol. The predicted molar refractivity (Wildman–Crippen MR) is 185 cm³/mol. The van der Waals surface area contributed by atoms with Gasteiger partial charge in [0.1, 0.15) is 18.8 Å². The molecule has 6 rings (SSSR count). The molecule has 1 fully saturated rings. The number of hydrogen-bond donors (Lipinski definition) is 3. The van der Waals surface area contributed by atoms with E-state index in [0.717, 1.165) is 53.0 Å². The van der Waals surface area contributed by atoms with Crippen molar-refractivity contribution in [3.8, 4) is 23.0 Å². The maximum absolute atomic E-state index is 13.4. The van der Waals surface area contributed by atoms with Gasteiger partial charge in [-0.1, -0.05) is 72.5 Å². The average Bonchev–Trinajstić information content (AvgIpc) is 3.43. The standard InChI is InChI=1S/C40H38FN3O5/c1-26(42-40(48)49-25-36-34-8-4-2-6-32(34)33-7-3-5-9-35(33)36)37(39(46)47)43-38(45)30-18-16-28(17-19-30)11-10-27-12-14-29(15-13-27)24-44-22-20-31(41)21-23-44/h2-9,12-19,26,31,36-37H,20-25H2,1H3,(H,42,48)(H,43,45)(H,46,47)/t26-,37+/m1/s1. The van der Waals surface area contributed by atoms with Crippen LogP contribution in [0.5, 0.6) is 0 Å². The molecule has 0 radical (unpaired) electrons. The number of nitrogens with one attached hydrogen (secondary N) is 2. The van der Waals surface area contributed by atoms with Gasteiger partial charge in [-0.2, -0.15) is 0 Å². The van der Waals surface area contributed by atoms with Crippen LogP contribution < -0.4 is 10.6 Å². The number of nitrogens with zero attached hydrogens (tertiary/aromatic N) is 1. The fourth-order valence-corrected chi connectivity index (χ4v) is 6.40. The number of rotatable bonds is 9. The zero-order valence-electron chi connectivity index (χ0n) is 27.2. The third kappa shape index (κ3) is 8.16. The summed E-state index contributed by atoms with van der Waals surface area (Å²) >= 11 is 0. The van der Waals surface area contributed by atoms with Crippen molar-refractivity contribution < 1.29 is 28.6 Å². The van der Waals surface area contributed by atoms with Crippen LogP contribution in [0.4, 0.5) is 9.18 Å². The van der Waals surface area contributed by atoms with Crippen molar-refractivity contribution >= 4 is 18.0 Å². The van der Waals surface area contributed by atoms with Crippen LogP contribution in [0.1, 0.15) is 63.9 Å². The summed E-state index contributed by atoms with van der Waals surface area (Å²) in [6.45, 7) is 3.91. The number of ether oxygens (including phenoxy) is 1.